The lowest BCUT2D eigenvalue weighted by molar-refractivity contribution is -0.141. The third-order valence-electron chi connectivity index (χ3n) is 4.24. The molecule has 25 heavy (non-hydrogen) atoms. The molecular weight excluding hydrogens is 346 g/mol. The normalized spacial score (nSPS) is 17.0. The van der Waals surface area contributed by atoms with Gasteiger partial charge >= 0.3 is 5.97 Å². The van der Waals surface area contributed by atoms with E-state index < -0.39 is 11.9 Å². The van der Waals surface area contributed by atoms with E-state index in [1.807, 2.05) is 0 Å². The Kier molecular flexibility index (Phi) is 6.53. The van der Waals surface area contributed by atoms with Crippen LogP contribution in [0.3, 0.4) is 0 Å². The van der Waals surface area contributed by atoms with Crippen molar-refractivity contribution in [3.8, 4) is 11.5 Å². The average molecular weight is 370 g/mol. The van der Waals surface area contributed by atoms with Crippen LogP contribution in [0.2, 0.25) is 5.02 Å². The largest absolute Gasteiger partial charge is 0.493 e. The molecule has 6 nitrogen and oxygen atoms in total. The third kappa shape index (κ3) is 4.78. The van der Waals surface area contributed by atoms with Gasteiger partial charge in [-0.25, -0.2) is 0 Å². The summed E-state index contributed by atoms with van der Waals surface area (Å²) in [6, 6.07) is 3.14. The fraction of sp³-hybridized carbons (Fsp3) is 0.556. The number of carbonyl (C=O) groups is 2. The molecule has 1 amide bonds. The van der Waals surface area contributed by atoms with Crippen LogP contribution >= 0.6 is 11.6 Å². The first-order valence-electron chi connectivity index (χ1n) is 8.35. The van der Waals surface area contributed by atoms with Gasteiger partial charge in [0.2, 0.25) is 0 Å². The molecule has 1 atom stereocenters. The second-order valence-electron chi connectivity index (χ2n) is 6.60. The maximum atomic E-state index is 12.6. The number of ether oxygens (including phenoxy) is 2. The Hall–Kier alpha value is -1.95. The highest BCUT2D eigenvalue weighted by Gasteiger charge is 2.32. The van der Waals surface area contributed by atoms with Crippen molar-refractivity contribution in [2.45, 2.75) is 26.7 Å². The van der Waals surface area contributed by atoms with Crippen molar-refractivity contribution in [2.75, 3.05) is 26.8 Å². The molecule has 2 rings (SSSR count). The van der Waals surface area contributed by atoms with E-state index in [1.165, 1.54) is 12.0 Å². The van der Waals surface area contributed by atoms with E-state index in [2.05, 4.69) is 13.8 Å². The van der Waals surface area contributed by atoms with E-state index in [9.17, 15) is 9.59 Å². The van der Waals surface area contributed by atoms with Crippen LogP contribution in [0, 0.1) is 11.8 Å². The molecule has 0 aromatic heterocycles. The fourth-order valence-corrected chi connectivity index (χ4v) is 2.97. The van der Waals surface area contributed by atoms with Crippen LogP contribution in [0.4, 0.5) is 0 Å². The summed E-state index contributed by atoms with van der Waals surface area (Å²) in [7, 11) is 1.49. The van der Waals surface area contributed by atoms with Crippen LogP contribution < -0.4 is 9.47 Å². The van der Waals surface area contributed by atoms with Gasteiger partial charge in [0.05, 0.1) is 24.7 Å². The Balaban J connectivity index is 2.15. The maximum absolute atomic E-state index is 12.6. The first-order chi connectivity index (χ1) is 11.8. The van der Waals surface area contributed by atoms with E-state index >= 15 is 0 Å². The minimum Gasteiger partial charge on any atom is -0.493 e. The molecule has 1 unspecified atom stereocenters. The smallest absolute Gasteiger partial charge is 0.308 e. The van der Waals surface area contributed by atoms with Gasteiger partial charge in [0, 0.05) is 18.7 Å². The molecule has 1 N–H and O–H groups in total. The summed E-state index contributed by atoms with van der Waals surface area (Å²) in [5.74, 6) is -0.319. The summed E-state index contributed by atoms with van der Waals surface area (Å²) in [5, 5.41) is 9.38. The van der Waals surface area contributed by atoms with Crippen molar-refractivity contribution in [1.82, 2.24) is 4.90 Å². The molecule has 1 aliphatic heterocycles. The average Bonchev–Trinajstić information content (AvgIpc) is 3.05. The molecule has 1 fully saturated rings. The number of carboxylic acid groups (broad SMARTS) is 1. The highest BCUT2D eigenvalue weighted by molar-refractivity contribution is 6.32. The summed E-state index contributed by atoms with van der Waals surface area (Å²) in [6.07, 6.45) is 1.34. The molecule has 1 saturated heterocycles. The monoisotopic (exact) mass is 369 g/mol. The number of likely N-dealkylation sites (tertiary alicyclic amines) is 1. The van der Waals surface area contributed by atoms with E-state index in [4.69, 9.17) is 26.2 Å². The van der Waals surface area contributed by atoms with E-state index in [0.717, 1.165) is 6.42 Å². The molecule has 1 aliphatic rings. The number of carboxylic acids is 1. The van der Waals surface area contributed by atoms with Crippen molar-refractivity contribution in [1.29, 1.82) is 0 Å². The predicted octanol–water partition coefficient (Wildman–Crippen LogP) is 3.32. The van der Waals surface area contributed by atoms with Crippen LogP contribution in [0.15, 0.2) is 12.1 Å². The Morgan fingerprint density at radius 1 is 1.40 bits per heavy atom. The van der Waals surface area contributed by atoms with Crippen LogP contribution in [0.5, 0.6) is 11.5 Å². The first-order valence-corrected chi connectivity index (χ1v) is 8.73. The summed E-state index contributed by atoms with van der Waals surface area (Å²) < 4.78 is 11.0. The van der Waals surface area contributed by atoms with Crippen molar-refractivity contribution >= 4 is 23.5 Å². The highest BCUT2D eigenvalue weighted by atomic mass is 35.5. The minimum absolute atomic E-state index is 0.209. The van der Waals surface area contributed by atoms with Crippen LogP contribution in [0.1, 0.15) is 37.0 Å². The summed E-state index contributed by atoms with van der Waals surface area (Å²) >= 11 is 6.29. The number of aliphatic carboxylic acids is 1. The fourth-order valence-electron chi connectivity index (χ4n) is 2.71. The Morgan fingerprint density at radius 2 is 2.12 bits per heavy atom. The first kappa shape index (κ1) is 19.4. The predicted molar refractivity (Wildman–Crippen MR) is 94.6 cm³/mol. The molecule has 7 heteroatoms. The van der Waals surface area contributed by atoms with Crippen molar-refractivity contribution in [2.24, 2.45) is 11.8 Å². The van der Waals surface area contributed by atoms with Gasteiger partial charge in [0.1, 0.15) is 0 Å². The number of hydrogen-bond acceptors (Lipinski definition) is 4. The number of nitrogens with zero attached hydrogens (tertiary/aromatic N) is 1. The molecule has 0 bridgehead atoms. The standard InChI is InChI=1S/C18H24ClNO5/c1-11(2)5-7-25-16-14(19)8-13(9-15(16)24-3)17(21)20-6-4-12(10-20)18(22)23/h8-9,11-12H,4-7,10H2,1-3H3,(H,22,23). The zero-order chi connectivity index (χ0) is 18.6. The van der Waals surface area contributed by atoms with Crippen molar-refractivity contribution in [3.63, 3.8) is 0 Å². The Morgan fingerprint density at radius 3 is 2.68 bits per heavy atom. The quantitative estimate of drug-likeness (QED) is 0.797. The summed E-state index contributed by atoms with van der Waals surface area (Å²) in [6.45, 7) is 5.34. The molecule has 0 aliphatic carbocycles. The van der Waals surface area contributed by atoms with Gasteiger partial charge in [0.15, 0.2) is 11.5 Å². The molecule has 0 saturated carbocycles. The van der Waals surface area contributed by atoms with Gasteiger partial charge < -0.3 is 19.5 Å². The third-order valence-corrected chi connectivity index (χ3v) is 4.52. The van der Waals surface area contributed by atoms with Crippen LogP contribution in [-0.4, -0.2) is 48.7 Å². The Labute approximate surface area is 152 Å². The second kappa shape index (κ2) is 8.43. The SMILES string of the molecule is COc1cc(C(=O)N2CCC(C(=O)O)C2)cc(Cl)c1OCCC(C)C. The molecule has 1 aromatic rings. The molecular formula is C18H24ClNO5. The van der Waals surface area contributed by atoms with Gasteiger partial charge in [0.25, 0.3) is 5.91 Å². The van der Waals surface area contributed by atoms with Crippen molar-refractivity contribution in [3.05, 3.63) is 22.7 Å². The van der Waals surface area contributed by atoms with Crippen LogP contribution in [-0.2, 0) is 4.79 Å². The topological polar surface area (TPSA) is 76.1 Å². The van der Waals surface area contributed by atoms with Gasteiger partial charge in [-0.3, -0.25) is 9.59 Å². The zero-order valence-electron chi connectivity index (χ0n) is 14.8. The lowest BCUT2D eigenvalue weighted by atomic mass is 10.1. The van der Waals surface area contributed by atoms with Crippen LogP contribution in [0.25, 0.3) is 0 Å². The number of amides is 1. The number of rotatable bonds is 7. The van der Waals surface area contributed by atoms with Gasteiger partial charge in [-0.1, -0.05) is 25.4 Å². The Bertz CT molecular complexity index is 647. The lowest BCUT2D eigenvalue weighted by Crippen LogP contribution is -2.30. The molecule has 0 spiro atoms. The van der Waals surface area contributed by atoms with E-state index in [1.54, 1.807) is 12.1 Å². The maximum Gasteiger partial charge on any atom is 0.308 e. The highest BCUT2D eigenvalue weighted by Crippen LogP contribution is 2.37. The molecule has 1 aromatic carbocycles. The van der Waals surface area contributed by atoms with Crippen molar-refractivity contribution < 1.29 is 24.2 Å². The number of methoxy groups -OCH3 is 1. The van der Waals surface area contributed by atoms with Gasteiger partial charge in [-0.15, -0.1) is 0 Å². The number of hydrogen-bond donors (Lipinski definition) is 1. The number of carbonyl (C=O) groups excluding carboxylic acids is 1. The molecule has 0 radical (unpaired) electrons. The van der Waals surface area contributed by atoms with E-state index in [0.29, 0.717) is 47.6 Å². The summed E-state index contributed by atoms with van der Waals surface area (Å²) in [4.78, 5) is 25.2. The molecule has 1 heterocycles. The lowest BCUT2D eigenvalue weighted by Gasteiger charge is -2.18. The summed E-state index contributed by atoms with van der Waals surface area (Å²) in [5.41, 5.74) is 0.365. The van der Waals surface area contributed by atoms with Gasteiger partial charge in [-0.05, 0) is 30.9 Å². The zero-order valence-corrected chi connectivity index (χ0v) is 15.5. The molecule has 138 valence electrons. The second-order valence-corrected chi connectivity index (χ2v) is 7.00. The number of halogens is 1. The number of benzene rings is 1. The minimum atomic E-state index is -0.875. The van der Waals surface area contributed by atoms with E-state index in [-0.39, 0.29) is 12.5 Å². The van der Waals surface area contributed by atoms with Gasteiger partial charge in [-0.2, -0.15) is 0 Å².